The van der Waals surface area contributed by atoms with Crippen LogP contribution in [0, 0.1) is 6.92 Å². The molecule has 0 amide bonds. The third-order valence-corrected chi connectivity index (χ3v) is 3.25. The summed E-state index contributed by atoms with van der Waals surface area (Å²) in [5.74, 6) is 0.739. The quantitative estimate of drug-likeness (QED) is 0.836. The van der Waals surface area contributed by atoms with Gasteiger partial charge in [-0.3, -0.25) is 0 Å². The minimum absolute atomic E-state index is 0.379. The van der Waals surface area contributed by atoms with Gasteiger partial charge >= 0.3 is 0 Å². The molecule has 15 heavy (non-hydrogen) atoms. The van der Waals surface area contributed by atoms with Crippen molar-refractivity contribution in [3.8, 4) is 0 Å². The average molecular weight is 221 g/mol. The predicted octanol–water partition coefficient (Wildman–Crippen LogP) is 2.87. The van der Waals surface area contributed by atoms with Crippen LogP contribution in [0.1, 0.15) is 17.4 Å². The van der Waals surface area contributed by atoms with Crippen LogP contribution in [0.4, 0.5) is 0 Å². The molecule has 0 bridgehead atoms. The molecule has 1 aromatic heterocycles. The fourth-order valence-corrected chi connectivity index (χ4v) is 2.45. The van der Waals surface area contributed by atoms with Crippen LogP contribution in [-0.4, -0.2) is 22.1 Å². The summed E-state index contributed by atoms with van der Waals surface area (Å²) in [6.45, 7) is 2.01. The minimum atomic E-state index is -0.379. The molecule has 0 spiro atoms. The van der Waals surface area contributed by atoms with Crippen molar-refractivity contribution in [1.82, 2.24) is 4.98 Å². The molecule has 3 heteroatoms. The number of fused-ring (bicyclic) bond motifs is 1. The number of hydrogen-bond acceptors (Lipinski definition) is 2. The van der Waals surface area contributed by atoms with Crippen LogP contribution in [-0.2, 0) is 0 Å². The molecule has 2 N–H and O–H groups in total. The summed E-state index contributed by atoms with van der Waals surface area (Å²) in [7, 11) is 0. The summed E-state index contributed by atoms with van der Waals surface area (Å²) in [4.78, 5) is 3.30. The first-order valence-electron chi connectivity index (χ1n) is 4.98. The van der Waals surface area contributed by atoms with Gasteiger partial charge in [0.05, 0.1) is 6.10 Å². The number of nitrogens with one attached hydrogen (secondary N) is 1. The van der Waals surface area contributed by atoms with Crippen molar-refractivity contribution < 1.29 is 5.11 Å². The normalized spacial score (nSPS) is 13.3. The van der Waals surface area contributed by atoms with Crippen LogP contribution < -0.4 is 0 Å². The molecule has 2 aromatic rings. The SMILES string of the molecule is CSCC(O)c1c(C)[nH]c2ccccc12. The largest absolute Gasteiger partial charge is 0.387 e. The number of aliphatic hydroxyl groups excluding tert-OH is 1. The smallest absolute Gasteiger partial charge is 0.0903 e. The summed E-state index contributed by atoms with van der Waals surface area (Å²) >= 11 is 1.66. The first-order valence-corrected chi connectivity index (χ1v) is 6.37. The zero-order valence-electron chi connectivity index (χ0n) is 8.95. The first kappa shape index (κ1) is 10.6. The maximum Gasteiger partial charge on any atom is 0.0903 e. The highest BCUT2D eigenvalue weighted by atomic mass is 32.2. The van der Waals surface area contributed by atoms with Crippen molar-refractivity contribution in [3.05, 3.63) is 35.5 Å². The molecular formula is C12H15NOS. The Hall–Kier alpha value is -0.930. The molecule has 0 saturated heterocycles. The van der Waals surface area contributed by atoms with E-state index < -0.39 is 0 Å². The van der Waals surface area contributed by atoms with Gasteiger partial charge in [-0.05, 0) is 19.2 Å². The van der Waals surface area contributed by atoms with E-state index in [0.717, 1.165) is 27.9 Å². The van der Waals surface area contributed by atoms with E-state index in [-0.39, 0.29) is 6.10 Å². The number of H-pyrrole nitrogens is 1. The Morgan fingerprint density at radius 2 is 2.13 bits per heavy atom. The zero-order chi connectivity index (χ0) is 10.8. The van der Waals surface area contributed by atoms with Crippen LogP contribution in [0.2, 0.25) is 0 Å². The van der Waals surface area contributed by atoms with E-state index in [9.17, 15) is 5.11 Å². The third-order valence-electron chi connectivity index (χ3n) is 2.60. The van der Waals surface area contributed by atoms with Gasteiger partial charge < -0.3 is 10.1 Å². The molecule has 0 aliphatic rings. The fourth-order valence-electron chi connectivity index (χ4n) is 1.97. The molecule has 1 heterocycles. The highest BCUT2D eigenvalue weighted by Gasteiger charge is 2.15. The van der Waals surface area contributed by atoms with E-state index in [2.05, 4.69) is 11.1 Å². The van der Waals surface area contributed by atoms with Crippen molar-refractivity contribution in [3.63, 3.8) is 0 Å². The molecular weight excluding hydrogens is 206 g/mol. The topological polar surface area (TPSA) is 36.0 Å². The molecule has 2 rings (SSSR count). The summed E-state index contributed by atoms with van der Waals surface area (Å²) < 4.78 is 0. The van der Waals surface area contributed by atoms with E-state index in [1.54, 1.807) is 11.8 Å². The minimum Gasteiger partial charge on any atom is -0.387 e. The van der Waals surface area contributed by atoms with Crippen LogP contribution in [0.25, 0.3) is 10.9 Å². The highest BCUT2D eigenvalue weighted by molar-refractivity contribution is 7.98. The van der Waals surface area contributed by atoms with Crippen LogP contribution in [0.15, 0.2) is 24.3 Å². The summed E-state index contributed by atoms with van der Waals surface area (Å²) in [6, 6.07) is 8.10. The lowest BCUT2D eigenvalue weighted by Crippen LogP contribution is -2.01. The first-order chi connectivity index (χ1) is 7.24. The van der Waals surface area contributed by atoms with E-state index in [1.165, 1.54) is 0 Å². The van der Waals surface area contributed by atoms with E-state index in [0.29, 0.717) is 0 Å². The van der Waals surface area contributed by atoms with Crippen molar-refractivity contribution in [1.29, 1.82) is 0 Å². The lowest BCUT2D eigenvalue weighted by Gasteiger charge is -2.09. The van der Waals surface area contributed by atoms with Crippen LogP contribution in [0.3, 0.4) is 0 Å². The molecule has 1 atom stereocenters. The van der Waals surface area contributed by atoms with Gasteiger partial charge in [0, 0.05) is 27.9 Å². The van der Waals surface area contributed by atoms with Crippen molar-refractivity contribution in [2.45, 2.75) is 13.0 Å². The van der Waals surface area contributed by atoms with Gasteiger partial charge in [0.15, 0.2) is 0 Å². The van der Waals surface area contributed by atoms with Gasteiger partial charge in [0.2, 0.25) is 0 Å². The third kappa shape index (κ3) is 1.90. The summed E-state index contributed by atoms with van der Waals surface area (Å²) in [5, 5.41) is 11.2. The molecule has 0 aliphatic heterocycles. The van der Waals surface area contributed by atoms with Gasteiger partial charge in [0.25, 0.3) is 0 Å². The molecule has 0 fully saturated rings. The lowest BCUT2D eigenvalue weighted by atomic mass is 10.1. The van der Waals surface area contributed by atoms with E-state index in [1.807, 2.05) is 31.4 Å². The zero-order valence-corrected chi connectivity index (χ0v) is 9.77. The Morgan fingerprint density at radius 3 is 2.87 bits per heavy atom. The number of hydrogen-bond donors (Lipinski definition) is 2. The molecule has 0 aliphatic carbocycles. The van der Waals surface area contributed by atoms with Crippen molar-refractivity contribution >= 4 is 22.7 Å². The van der Waals surface area contributed by atoms with Gasteiger partial charge in [0.1, 0.15) is 0 Å². The number of thioether (sulfide) groups is 1. The maximum atomic E-state index is 10.0. The van der Waals surface area contributed by atoms with Gasteiger partial charge in [-0.15, -0.1) is 0 Å². The number of rotatable bonds is 3. The molecule has 0 saturated carbocycles. The standard InChI is InChI=1S/C12H15NOS/c1-8-12(11(14)7-15-2)9-5-3-4-6-10(9)13-8/h3-6,11,13-14H,7H2,1-2H3. The monoisotopic (exact) mass is 221 g/mol. The molecule has 80 valence electrons. The molecule has 1 aromatic carbocycles. The Labute approximate surface area is 93.7 Å². The number of benzene rings is 1. The lowest BCUT2D eigenvalue weighted by molar-refractivity contribution is 0.205. The van der Waals surface area contributed by atoms with Crippen LogP contribution in [0.5, 0.6) is 0 Å². The second kappa shape index (κ2) is 4.29. The number of aromatic nitrogens is 1. The Bertz CT molecular complexity index is 464. The summed E-state index contributed by atoms with van der Waals surface area (Å²) in [6.07, 6.45) is 1.63. The predicted molar refractivity (Wildman–Crippen MR) is 66.4 cm³/mol. The van der Waals surface area contributed by atoms with Gasteiger partial charge in [-0.2, -0.15) is 11.8 Å². The fraction of sp³-hybridized carbons (Fsp3) is 0.333. The highest BCUT2D eigenvalue weighted by Crippen LogP contribution is 2.29. The average Bonchev–Trinajstić information content (AvgIpc) is 2.54. The Balaban J connectivity index is 2.53. The number of aromatic amines is 1. The van der Waals surface area contributed by atoms with Crippen LogP contribution >= 0.6 is 11.8 Å². The van der Waals surface area contributed by atoms with E-state index in [4.69, 9.17) is 0 Å². The van der Waals surface area contributed by atoms with Gasteiger partial charge in [-0.25, -0.2) is 0 Å². The molecule has 1 unspecified atom stereocenters. The molecule has 0 radical (unpaired) electrons. The van der Waals surface area contributed by atoms with Gasteiger partial charge in [-0.1, -0.05) is 18.2 Å². The Kier molecular flexibility index (Phi) is 3.03. The number of para-hydroxylation sites is 1. The second-order valence-electron chi connectivity index (χ2n) is 3.68. The van der Waals surface area contributed by atoms with Crippen molar-refractivity contribution in [2.75, 3.05) is 12.0 Å². The second-order valence-corrected chi connectivity index (χ2v) is 4.59. The number of aliphatic hydroxyl groups is 1. The maximum absolute atomic E-state index is 10.0. The number of aryl methyl sites for hydroxylation is 1. The van der Waals surface area contributed by atoms with E-state index >= 15 is 0 Å². The van der Waals surface area contributed by atoms with Crippen molar-refractivity contribution in [2.24, 2.45) is 0 Å². The molecule has 2 nitrogen and oxygen atoms in total. The summed E-state index contributed by atoms with van der Waals surface area (Å²) in [5.41, 5.74) is 3.21. The Morgan fingerprint density at radius 1 is 1.40 bits per heavy atom.